The molecule has 0 radical (unpaired) electrons. The maximum atomic E-state index is 11.4. The number of thiazole rings is 1. The second-order valence-corrected chi connectivity index (χ2v) is 6.68. The van der Waals surface area contributed by atoms with Crippen molar-refractivity contribution < 1.29 is 4.79 Å². The van der Waals surface area contributed by atoms with Gasteiger partial charge in [0.1, 0.15) is 5.78 Å². The zero-order chi connectivity index (χ0) is 17.6. The molecule has 0 spiro atoms. The third-order valence-electron chi connectivity index (χ3n) is 3.52. The predicted octanol–water partition coefficient (Wildman–Crippen LogP) is 4.91. The Labute approximate surface area is 143 Å². The maximum absolute atomic E-state index is 11.4. The molecule has 1 aromatic heterocycles. The first kappa shape index (κ1) is 19.4. The molecule has 0 aliphatic rings. The second kappa shape index (κ2) is 8.82. The number of hydrogen-bond acceptors (Lipinski definition) is 3. The third kappa shape index (κ3) is 4.90. The number of nitrogens with zero attached hydrogens (tertiary/aromatic N) is 2. The number of Topliss-reactive ketones (excluding diaryl/α,β-unsaturated/α-hetero) is 1. The lowest BCUT2D eigenvalue weighted by Gasteiger charge is -2.03. The highest BCUT2D eigenvalue weighted by Crippen LogP contribution is 2.23. The van der Waals surface area contributed by atoms with Crippen LogP contribution < -0.4 is 4.80 Å². The highest BCUT2D eigenvalue weighted by Gasteiger charge is 2.11. The van der Waals surface area contributed by atoms with E-state index in [0.717, 1.165) is 16.1 Å². The predicted molar refractivity (Wildman–Crippen MR) is 99.5 cm³/mol. The van der Waals surface area contributed by atoms with Crippen LogP contribution in [-0.2, 0) is 18.3 Å². The van der Waals surface area contributed by atoms with Gasteiger partial charge in [0.25, 0.3) is 0 Å². The van der Waals surface area contributed by atoms with Crippen molar-refractivity contribution in [2.75, 3.05) is 0 Å². The van der Waals surface area contributed by atoms with Crippen LogP contribution in [-0.4, -0.2) is 10.4 Å². The Kier molecular flexibility index (Phi) is 7.43. The van der Waals surface area contributed by atoms with Crippen LogP contribution in [0.15, 0.2) is 29.3 Å². The van der Waals surface area contributed by atoms with Gasteiger partial charge >= 0.3 is 0 Å². The van der Waals surface area contributed by atoms with Gasteiger partial charge in [-0.2, -0.15) is 0 Å². The number of para-hydroxylation sites is 1. The molecule has 126 valence electrons. The Morgan fingerprint density at radius 1 is 1.26 bits per heavy atom. The Hall–Kier alpha value is -1.68. The summed E-state index contributed by atoms with van der Waals surface area (Å²) in [5.74, 6) is 0.657. The Bertz CT molecular complexity index is 723. The van der Waals surface area contributed by atoms with E-state index in [-0.39, 0.29) is 5.78 Å². The summed E-state index contributed by atoms with van der Waals surface area (Å²) in [6, 6.07) is 7.87. The fraction of sp³-hybridized carbons (Fsp3) is 0.474. The summed E-state index contributed by atoms with van der Waals surface area (Å²) >= 11 is 1.73. The van der Waals surface area contributed by atoms with E-state index in [9.17, 15) is 4.79 Å². The molecule has 1 aromatic carbocycles. The van der Waals surface area contributed by atoms with Crippen LogP contribution in [0.3, 0.4) is 0 Å². The van der Waals surface area contributed by atoms with Gasteiger partial charge in [-0.15, -0.1) is 11.3 Å². The van der Waals surface area contributed by atoms with Crippen molar-refractivity contribution in [2.24, 2.45) is 12.0 Å². The van der Waals surface area contributed by atoms with Gasteiger partial charge in [-0.25, -0.2) is 4.99 Å². The third-order valence-corrected chi connectivity index (χ3v) is 5.05. The van der Waals surface area contributed by atoms with E-state index < -0.39 is 0 Å². The molecule has 0 amide bonds. The molecule has 4 heteroatoms. The molecule has 0 N–H and O–H groups in total. The van der Waals surface area contributed by atoms with Gasteiger partial charge in [-0.1, -0.05) is 45.9 Å². The Morgan fingerprint density at radius 2 is 1.87 bits per heavy atom. The maximum Gasteiger partial charge on any atom is 0.190 e. The van der Waals surface area contributed by atoms with E-state index in [1.807, 2.05) is 45.2 Å². The smallest absolute Gasteiger partial charge is 0.190 e. The van der Waals surface area contributed by atoms with Crippen LogP contribution in [0.2, 0.25) is 0 Å². The average molecular weight is 333 g/mol. The SMILES string of the molecule is CC.CC(=O)Cc1ccccc1N=c1sc(C(C)C)c(C)n1C. The van der Waals surface area contributed by atoms with Crippen molar-refractivity contribution in [2.45, 2.75) is 53.9 Å². The highest BCUT2D eigenvalue weighted by atomic mass is 32.1. The number of hydrogen-bond donors (Lipinski definition) is 0. The summed E-state index contributed by atoms with van der Waals surface area (Å²) in [5, 5.41) is 0. The van der Waals surface area contributed by atoms with Gasteiger partial charge in [-0.05, 0) is 31.4 Å². The molecule has 0 saturated carbocycles. The van der Waals surface area contributed by atoms with E-state index in [1.165, 1.54) is 10.6 Å². The van der Waals surface area contributed by atoms with Gasteiger partial charge in [0, 0.05) is 24.0 Å². The minimum absolute atomic E-state index is 0.159. The number of ketones is 1. The standard InChI is InChI=1S/C17H22N2OS.C2H6/c1-11(2)16-13(4)19(5)17(21-16)18-15-9-7-6-8-14(15)10-12(3)20;1-2/h6-9,11H,10H2,1-5H3;1-2H3. The van der Waals surface area contributed by atoms with E-state index in [2.05, 4.69) is 25.3 Å². The zero-order valence-corrected chi connectivity index (χ0v) is 16.1. The molecule has 0 unspecified atom stereocenters. The highest BCUT2D eigenvalue weighted by molar-refractivity contribution is 7.09. The van der Waals surface area contributed by atoms with Crippen molar-refractivity contribution in [3.05, 3.63) is 45.2 Å². The monoisotopic (exact) mass is 332 g/mol. The fourth-order valence-electron chi connectivity index (χ4n) is 2.32. The molecule has 0 atom stereocenters. The zero-order valence-electron chi connectivity index (χ0n) is 15.3. The summed E-state index contributed by atoms with van der Waals surface area (Å²) < 4.78 is 2.13. The lowest BCUT2D eigenvalue weighted by atomic mass is 10.1. The molecule has 0 aliphatic carbocycles. The van der Waals surface area contributed by atoms with Crippen LogP contribution in [0.4, 0.5) is 5.69 Å². The van der Waals surface area contributed by atoms with Crippen molar-refractivity contribution in [3.63, 3.8) is 0 Å². The molecular weight excluding hydrogens is 304 g/mol. The van der Waals surface area contributed by atoms with E-state index >= 15 is 0 Å². The lowest BCUT2D eigenvalue weighted by Crippen LogP contribution is -2.11. The van der Waals surface area contributed by atoms with Gasteiger partial charge in [-0.3, -0.25) is 4.79 Å². The molecule has 23 heavy (non-hydrogen) atoms. The van der Waals surface area contributed by atoms with Gasteiger partial charge < -0.3 is 4.57 Å². The van der Waals surface area contributed by atoms with Crippen LogP contribution in [0, 0.1) is 6.92 Å². The van der Waals surface area contributed by atoms with Crippen molar-refractivity contribution in [3.8, 4) is 0 Å². The van der Waals surface area contributed by atoms with Crippen LogP contribution in [0.25, 0.3) is 0 Å². The number of benzene rings is 1. The van der Waals surface area contributed by atoms with Crippen molar-refractivity contribution >= 4 is 22.8 Å². The molecular formula is C19H28N2OS. The lowest BCUT2D eigenvalue weighted by molar-refractivity contribution is -0.116. The Balaban J connectivity index is 0.00000127. The molecule has 0 aliphatic heterocycles. The first-order valence-electron chi connectivity index (χ1n) is 8.18. The number of rotatable bonds is 4. The first-order chi connectivity index (χ1) is 10.9. The molecule has 0 bridgehead atoms. The number of carbonyl (C=O) groups is 1. The summed E-state index contributed by atoms with van der Waals surface area (Å²) in [6.07, 6.45) is 0.435. The van der Waals surface area contributed by atoms with E-state index in [0.29, 0.717) is 12.3 Å². The molecule has 1 heterocycles. The Morgan fingerprint density at radius 3 is 2.39 bits per heavy atom. The second-order valence-electron chi connectivity index (χ2n) is 5.67. The number of aromatic nitrogens is 1. The fourth-order valence-corrected chi connectivity index (χ4v) is 3.46. The van der Waals surface area contributed by atoms with Gasteiger partial charge in [0.05, 0.1) is 5.69 Å². The molecule has 3 nitrogen and oxygen atoms in total. The van der Waals surface area contributed by atoms with Crippen LogP contribution >= 0.6 is 11.3 Å². The van der Waals surface area contributed by atoms with Crippen LogP contribution in [0.5, 0.6) is 0 Å². The number of carbonyl (C=O) groups excluding carboxylic acids is 1. The first-order valence-corrected chi connectivity index (χ1v) is 9.00. The van der Waals surface area contributed by atoms with E-state index in [4.69, 9.17) is 4.99 Å². The minimum atomic E-state index is 0.159. The molecule has 2 rings (SSSR count). The largest absolute Gasteiger partial charge is 0.324 e. The minimum Gasteiger partial charge on any atom is -0.324 e. The summed E-state index contributed by atoms with van der Waals surface area (Å²) in [7, 11) is 2.05. The van der Waals surface area contributed by atoms with Gasteiger partial charge in [0.15, 0.2) is 4.80 Å². The van der Waals surface area contributed by atoms with Crippen molar-refractivity contribution in [1.82, 2.24) is 4.57 Å². The summed E-state index contributed by atoms with van der Waals surface area (Å²) in [6.45, 7) is 12.1. The van der Waals surface area contributed by atoms with Crippen molar-refractivity contribution in [1.29, 1.82) is 0 Å². The van der Waals surface area contributed by atoms with E-state index in [1.54, 1.807) is 18.3 Å². The summed E-state index contributed by atoms with van der Waals surface area (Å²) in [5.41, 5.74) is 3.14. The van der Waals surface area contributed by atoms with Gasteiger partial charge in [0.2, 0.25) is 0 Å². The quantitative estimate of drug-likeness (QED) is 0.783. The molecule has 0 saturated heterocycles. The normalized spacial score (nSPS) is 11.4. The van der Waals surface area contributed by atoms with Crippen LogP contribution in [0.1, 0.15) is 56.7 Å². The topological polar surface area (TPSA) is 34.4 Å². The average Bonchev–Trinajstić information content (AvgIpc) is 2.79. The summed E-state index contributed by atoms with van der Waals surface area (Å²) in [4.78, 5) is 18.5. The molecule has 2 aromatic rings. The molecule has 0 fully saturated rings.